The molecule has 1 aliphatic heterocycles. The second-order valence-electron chi connectivity index (χ2n) is 6.18. The van der Waals surface area contributed by atoms with Gasteiger partial charge >= 0.3 is 0 Å². The molecule has 1 atom stereocenters. The molecule has 120 valence electrons. The van der Waals surface area contributed by atoms with Gasteiger partial charge in [0.1, 0.15) is 0 Å². The van der Waals surface area contributed by atoms with Gasteiger partial charge < -0.3 is 10.2 Å². The van der Waals surface area contributed by atoms with Gasteiger partial charge in [0, 0.05) is 13.1 Å². The molecule has 0 amide bonds. The van der Waals surface area contributed by atoms with E-state index in [1.807, 2.05) is 0 Å². The highest BCUT2D eigenvalue weighted by Gasteiger charge is 2.28. The fraction of sp³-hybridized carbons (Fsp3) is 0.350. The van der Waals surface area contributed by atoms with E-state index in [4.69, 9.17) is 12.2 Å². The zero-order chi connectivity index (χ0) is 16.1. The molecule has 0 aromatic heterocycles. The summed E-state index contributed by atoms with van der Waals surface area (Å²) in [5.41, 5.74) is 4.12. The third-order valence-electron chi connectivity index (χ3n) is 4.59. The monoisotopic (exact) mass is 324 g/mol. The maximum absolute atomic E-state index is 5.66. The van der Waals surface area contributed by atoms with Crippen molar-refractivity contribution < 1.29 is 0 Å². The normalized spacial score (nSPS) is 17.3. The summed E-state index contributed by atoms with van der Waals surface area (Å²) in [7, 11) is 0. The molecule has 2 nitrogen and oxygen atoms in total. The maximum Gasteiger partial charge on any atom is 0.169 e. The molecule has 3 heteroatoms. The first kappa shape index (κ1) is 16.0. The molecule has 1 saturated heterocycles. The molecule has 2 aromatic carbocycles. The van der Waals surface area contributed by atoms with Gasteiger partial charge in [-0.1, -0.05) is 54.6 Å². The number of rotatable bonds is 4. The number of benzene rings is 2. The first-order valence-corrected chi connectivity index (χ1v) is 8.80. The highest BCUT2D eigenvalue weighted by Crippen LogP contribution is 2.33. The Morgan fingerprint density at radius 1 is 1.13 bits per heavy atom. The molecule has 2 aromatic rings. The summed E-state index contributed by atoms with van der Waals surface area (Å²) in [6, 6.07) is 19.6. The molecule has 0 radical (unpaired) electrons. The van der Waals surface area contributed by atoms with Crippen LogP contribution in [0.2, 0.25) is 0 Å². The van der Waals surface area contributed by atoms with Crippen LogP contribution in [-0.4, -0.2) is 23.1 Å². The van der Waals surface area contributed by atoms with Crippen LogP contribution in [-0.2, 0) is 6.42 Å². The lowest BCUT2D eigenvalue weighted by Gasteiger charge is -2.29. The van der Waals surface area contributed by atoms with E-state index in [0.29, 0.717) is 6.04 Å². The van der Waals surface area contributed by atoms with Crippen molar-refractivity contribution in [2.75, 3.05) is 13.1 Å². The van der Waals surface area contributed by atoms with E-state index in [1.165, 1.54) is 29.5 Å². The lowest BCUT2D eigenvalue weighted by atomic mass is 9.99. The summed E-state index contributed by atoms with van der Waals surface area (Å²) in [4.78, 5) is 2.36. The molecule has 0 spiro atoms. The SMILES string of the molecule is Cc1ccccc1C1CCCN1C(=S)NCCc1ccccc1. The molecule has 0 aliphatic carbocycles. The van der Waals surface area contributed by atoms with Gasteiger partial charge in [0.2, 0.25) is 0 Å². The summed E-state index contributed by atoms with van der Waals surface area (Å²) in [5, 5.41) is 4.34. The van der Waals surface area contributed by atoms with Crippen LogP contribution in [0, 0.1) is 6.92 Å². The molecule has 0 saturated carbocycles. The Morgan fingerprint density at radius 2 is 1.87 bits per heavy atom. The standard InChI is InChI=1S/C20H24N2S/c1-16-8-5-6-11-18(16)19-12-7-15-22(19)20(23)21-14-13-17-9-3-2-4-10-17/h2-6,8-11,19H,7,12-15H2,1H3,(H,21,23). The molecular formula is C20H24N2S. The molecule has 1 N–H and O–H groups in total. The first-order chi connectivity index (χ1) is 11.3. The summed E-state index contributed by atoms with van der Waals surface area (Å²) in [6.45, 7) is 4.13. The number of likely N-dealkylation sites (tertiary alicyclic amines) is 1. The molecule has 3 rings (SSSR count). The van der Waals surface area contributed by atoms with Crippen molar-refractivity contribution >= 4 is 17.3 Å². The van der Waals surface area contributed by atoms with E-state index < -0.39 is 0 Å². The first-order valence-electron chi connectivity index (χ1n) is 8.39. The number of hydrogen-bond acceptors (Lipinski definition) is 1. The van der Waals surface area contributed by atoms with Crippen LogP contribution in [0.25, 0.3) is 0 Å². The number of nitrogens with zero attached hydrogens (tertiary/aromatic N) is 1. The number of hydrogen-bond donors (Lipinski definition) is 1. The summed E-state index contributed by atoms with van der Waals surface area (Å²) < 4.78 is 0. The molecule has 1 aliphatic rings. The minimum Gasteiger partial charge on any atom is -0.362 e. The number of thiocarbonyl (C=S) groups is 1. The predicted molar refractivity (Wildman–Crippen MR) is 101 cm³/mol. The minimum absolute atomic E-state index is 0.424. The summed E-state index contributed by atoms with van der Waals surface area (Å²) in [6.07, 6.45) is 3.40. The fourth-order valence-corrected chi connectivity index (χ4v) is 3.67. The highest BCUT2D eigenvalue weighted by molar-refractivity contribution is 7.80. The highest BCUT2D eigenvalue weighted by atomic mass is 32.1. The van der Waals surface area contributed by atoms with E-state index in [1.54, 1.807) is 0 Å². The van der Waals surface area contributed by atoms with Gasteiger partial charge in [-0.15, -0.1) is 0 Å². The van der Waals surface area contributed by atoms with Gasteiger partial charge in [0.15, 0.2) is 5.11 Å². The van der Waals surface area contributed by atoms with Crippen LogP contribution < -0.4 is 5.32 Å². The van der Waals surface area contributed by atoms with Crippen molar-refractivity contribution in [3.8, 4) is 0 Å². The summed E-state index contributed by atoms with van der Waals surface area (Å²) >= 11 is 5.66. The van der Waals surface area contributed by atoms with Crippen molar-refractivity contribution in [1.29, 1.82) is 0 Å². The van der Waals surface area contributed by atoms with E-state index in [0.717, 1.165) is 24.6 Å². The van der Waals surface area contributed by atoms with Gasteiger partial charge in [-0.2, -0.15) is 0 Å². The third-order valence-corrected chi connectivity index (χ3v) is 4.97. The Morgan fingerprint density at radius 3 is 2.65 bits per heavy atom. The van der Waals surface area contributed by atoms with Crippen LogP contribution in [0.3, 0.4) is 0 Å². The van der Waals surface area contributed by atoms with Crippen LogP contribution in [0.1, 0.15) is 35.6 Å². The Bertz CT molecular complexity index is 654. The van der Waals surface area contributed by atoms with E-state index >= 15 is 0 Å². The molecule has 1 unspecified atom stereocenters. The van der Waals surface area contributed by atoms with Crippen LogP contribution in [0.4, 0.5) is 0 Å². The van der Waals surface area contributed by atoms with Crippen molar-refractivity contribution in [2.24, 2.45) is 0 Å². The van der Waals surface area contributed by atoms with Crippen LogP contribution in [0.5, 0.6) is 0 Å². The van der Waals surface area contributed by atoms with E-state index in [-0.39, 0.29) is 0 Å². The zero-order valence-corrected chi connectivity index (χ0v) is 14.5. The number of nitrogens with one attached hydrogen (secondary N) is 1. The topological polar surface area (TPSA) is 15.3 Å². The lowest BCUT2D eigenvalue weighted by molar-refractivity contribution is 0.392. The number of aryl methyl sites for hydroxylation is 1. The molecule has 23 heavy (non-hydrogen) atoms. The largest absolute Gasteiger partial charge is 0.362 e. The van der Waals surface area contributed by atoms with Gasteiger partial charge in [-0.05, 0) is 55.1 Å². The van der Waals surface area contributed by atoms with Gasteiger partial charge in [-0.3, -0.25) is 0 Å². The smallest absolute Gasteiger partial charge is 0.169 e. The Kier molecular flexibility index (Phi) is 5.29. The molecule has 0 bridgehead atoms. The maximum atomic E-state index is 5.66. The van der Waals surface area contributed by atoms with Crippen molar-refractivity contribution in [3.63, 3.8) is 0 Å². The average Bonchev–Trinajstić information content (AvgIpc) is 3.06. The van der Waals surface area contributed by atoms with Crippen molar-refractivity contribution in [1.82, 2.24) is 10.2 Å². The van der Waals surface area contributed by atoms with Crippen LogP contribution >= 0.6 is 12.2 Å². The third kappa shape index (κ3) is 3.91. The lowest BCUT2D eigenvalue weighted by Crippen LogP contribution is -2.40. The fourth-order valence-electron chi connectivity index (χ4n) is 3.35. The quantitative estimate of drug-likeness (QED) is 0.847. The molecular weight excluding hydrogens is 300 g/mol. The van der Waals surface area contributed by atoms with Crippen molar-refractivity contribution in [3.05, 3.63) is 71.3 Å². The van der Waals surface area contributed by atoms with Gasteiger partial charge in [0.05, 0.1) is 6.04 Å². The predicted octanol–water partition coefficient (Wildman–Crippen LogP) is 4.25. The average molecular weight is 324 g/mol. The van der Waals surface area contributed by atoms with Crippen molar-refractivity contribution in [2.45, 2.75) is 32.2 Å². The second kappa shape index (κ2) is 7.60. The minimum atomic E-state index is 0.424. The van der Waals surface area contributed by atoms with Crippen LogP contribution in [0.15, 0.2) is 54.6 Å². The van der Waals surface area contributed by atoms with Gasteiger partial charge in [-0.25, -0.2) is 0 Å². The Balaban J connectivity index is 1.59. The molecule has 1 fully saturated rings. The van der Waals surface area contributed by atoms with E-state index in [9.17, 15) is 0 Å². The summed E-state index contributed by atoms with van der Waals surface area (Å²) in [5.74, 6) is 0. The Labute approximate surface area is 144 Å². The zero-order valence-electron chi connectivity index (χ0n) is 13.7. The second-order valence-corrected chi connectivity index (χ2v) is 6.56. The molecule has 1 heterocycles. The van der Waals surface area contributed by atoms with Gasteiger partial charge in [0.25, 0.3) is 0 Å². The Hall–Kier alpha value is -1.87. The van der Waals surface area contributed by atoms with E-state index in [2.05, 4.69) is 71.7 Å².